The zero-order valence-corrected chi connectivity index (χ0v) is 8.88. The van der Waals surface area contributed by atoms with Crippen LogP contribution in [0.25, 0.3) is 0 Å². The predicted molar refractivity (Wildman–Crippen MR) is 56.3 cm³/mol. The van der Waals surface area contributed by atoms with Crippen LogP contribution >= 0.6 is 11.6 Å². The fourth-order valence-corrected chi connectivity index (χ4v) is 1.15. The van der Waals surface area contributed by atoms with Crippen LogP contribution in [0, 0.1) is 0 Å². The zero-order chi connectivity index (χ0) is 10.7. The van der Waals surface area contributed by atoms with Gasteiger partial charge in [-0.25, -0.2) is 4.98 Å². The summed E-state index contributed by atoms with van der Waals surface area (Å²) in [4.78, 5) is 17.0. The van der Waals surface area contributed by atoms with Gasteiger partial charge < -0.3 is 10.6 Å². The molecule has 1 rings (SSSR count). The van der Waals surface area contributed by atoms with E-state index >= 15 is 0 Å². The van der Waals surface area contributed by atoms with E-state index in [9.17, 15) is 4.79 Å². The number of anilines is 1. The second kappa shape index (κ2) is 4.28. The van der Waals surface area contributed by atoms with Crippen LogP contribution < -0.4 is 5.73 Å². The van der Waals surface area contributed by atoms with Gasteiger partial charge in [-0.3, -0.25) is 4.79 Å². The Hall–Kier alpha value is -1.29. The van der Waals surface area contributed by atoms with E-state index in [4.69, 9.17) is 17.3 Å². The van der Waals surface area contributed by atoms with E-state index < -0.39 is 0 Å². The number of aromatic nitrogens is 1. The lowest BCUT2D eigenvalue weighted by molar-refractivity contribution is 0.0802. The van der Waals surface area contributed by atoms with E-state index in [2.05, 4.69) is 4.98 Å². The number of carbonyl (C=O) groups is 1. The standard InChI is InChI=1S/C9H12ClN3O/c1-3-13(2)9(14)7-4-6(11)5-12-8(7)10/h4-5H,3,11H2,1-2H3. The minimum Gasteiger partial charge on any atom is -0.397 e. The number of nitrogens with zero attached hydrogens (tertiary/aromatic N) is 2. The van der Waals surface area contributed by atoms with Crippen LogP contribution in [0.4, 0.5) is 5.69 Å². The second-order valence-corrected chi connectivity index (χ2v) is 3.28. The number of nitrogen functional groups attached to an aromatic ring is 1. The Morgan fingerprint density at radius 2 is 2.36 bits per heavy atom. The minimum absolute atomic E-state index is 0.169. The number of hydrogen-bond donors (Lipinski definition) is 1. The summed E-state index contributed by atoms with van der Waals surface area (Å²) in [6.45, 7) is 2.50. The normalized spacial score (nSPS) is 9.93. The zero-order valence-electron chi connectivity index (χ0n) is 8.12. The van der Waals surface area contributed by atoms with Crippen molar-refractivity contribution < 1.29 is 4.79 Å². The van der Waals surface area contributed by atoms with Crippen molar-refractivity contribution in [3.8, 4) is 0 Å². The van der Waals surface area contributed by atoms with Gasteiger partial charge >= 0.3 is 0 Å². The molecule has 0 aliphatic carbocycles. The number of amides is 1. The molecule has 14 heavy (non-hydrogen) atoms. The van der Waals surface area contributed by atoms with Crippen molar-refractivity contribution >= 4 is 23.2 Å². The maximum atomic E-state index is 11.7. The molecule has 4 nitrogen and oxygen atoms in total. The minimum atomic E-state index is -0.169. The number of nitrogens with two attached hydrogens (primary N) is 1. The second-order valence-electron chi connectivity index (χ2n) is 2.93. The number of halogens is 1. The Kier molecular flexibility index (Phi) is 3.30. The average molecular weight is 214 g/mol. The van der Waals surface area contributed by atoms with Crippen LogP contribution in [0.2, 0.25) is 5.15 Å². The molecule has 0 saturated heterocycles. The third-order valence-electron chi connectivity index (χ3n) is 1.91. The maximum absolute atomic E-state index is 11.7. The van der Waals surface area contributed by atoms with Crippen molar-refractivity contribution in [1.82, 2.24) is 9.88 Å². The number of carbonyl (C=O) groups excluding carboxylic acids is 1. The van der Waals surface area contributed by atoms with Crippen LogP contribution in [0.1, 0.15) is 17.3 Å². The highest BCUT2D eigenvalue weighted by atomic mass is 35.5. The first-order chi connectivity index (χ1) is 6.56. The van der Waals surface area contributed by atoms with E-state index in [-0.39, 0.29) is 11.1 Å². The molecule has 0 fully saturated rings. The summed E-state index contributed by atoms with van der Waals surface area (Å²) in [5.41, 5.74) is 6.29. The molecule has 1 aromatic heterocycles. The predicted octanol–water partition coefficient (Wildman–Crippen LogP) is 1.41. The summed E-state index contributed by atoms with van der Waals surface area (Å²) in [6.07, 6.45) is 1.42. The Labute approximate surface area is 87.7 Å². The van der Waals surface area contributed by atoms with Gasteiger partial charge in [0.25, 0.3) is 5.91 Å². The fraction of sp³-hybridized carbons (Fsp3) is 0.333. The molecule has 1 amide bonds. The van der Waals surface area contributed by atoms with Crippen LogP contribution in [-0.4, -0.2) is 29.4 Å². The molecule has 5 heteroatoms. The summed E-state index contributed by atoms with van der Waals surface area (Å²) < 4.78 is 0. The van der Waals surface area contributed by atoms with Crippen molar-refractivity contribution in [1.29, 1.82) is 0 Å². The summed E-state index contributed by atoms with van der Waals surface area (Å²) in [7, 11) is 1.70. The third kappa shape index (κ3) is 2.14. The van der Waals surface area contributed by atoms with Crippen molar-refractivity contribution in [3.05, 3.63) is 23.0 Å². The lowest BCUT2D eigenvalue weighted by atomic mass is 10.2. The Balaban J connectivity index is 3.06. The van der Waals surface area contributed by atoms with Crippen LogP contribution in [0.3, 0.4) is 0 Å². The van der Waals surface area contributed by atoms with E-state index in [1.54, 1.807) is 11.9 Å². The van der Waals surface area contributed by atoms with Gasteiger partial charge in [-0.05, 0) is 13.0 Å². The molecule has 0 spiro atoms. The SMILES string of the molecule is CCN(C)C(=O)c1cc(N)cnc1Cl. The Morgan fingerprint density at radius 3 is 2.93 bits per heavy atom. The highest BCUT2D eigenvalue weighted by molar-refractivity contribution is 6.32. The average Bonchev–Trinajstić information content (AvgIpc) is 2.19. The fourth-order valence-electron chi connectivity index (χ4n) is 0.963. The summed E-state index contributed by atoms with van der Waals surface area (Å²) in [6, 6.07) is 1.53. The lowest BCUT2D eigenvalue weighted by Gasteiger charge is -2.14. The van der Waals surface area contributed by atoms with Crippen LogP contribution in [0.15, 0.2) is 12.3 Å². The molecule has 1 aromatic rings. The number of rotatable bonds is 2. The first-order valence-electron chi connectivity index (χ1n) is 4.22. The van der Waals surface area contributed by atoms with Crippen LogP contribution in [0.5, 0.6) is 0 Å². The topological polar surface area (TPSA) is 59.2 Å². The Bertz CT molecular complexity index is 354. The van der Waals surface area contributed by atoms with Gasteiger partial charge in [0.1, 0.15) is 5.15 Å². The molecule has 0 saturated carbocycles. The largest absolute Gasteiger partial charge is 0.397 e. The molecule has 1 heterocycles. The van der Waals surface area contributed by atoms with Crippen molar-refractivity contribution in [2.24, 2.45) is 0 Å². The summed E-state index contributed by atoms with van der Waals surface area (Å²) in [5.74, 6) is -0.169. The number of pyridine rings is 1. The molecule has 0 aliphatic heterocycles. The van der Waals surface area contributed by atoms with E-state index in [0.717, 1.165) is 0 Å². The smallest absolute Gasteiger partial charge is 0.256 e. The summed E-state index contributed by atoms with van der Waals surface area (Å²) in [5, 5.41) is 0.185. The highest BCUT2D eigenvalue weighted by Gasteiger charge is 2.14. The van der Waals surface area contributed by atoms with Crippen LogP contribution in [-0.2, 0) is 0 Å². The van der Waals surface area contributed by atoms with Crippen molar-refractivity contribution in [2.75, 3.05) is 19.3 Å². The van der Waals surface area contributed by atoms with Gasteiger partial charge in [0.2, 0.25) is 0 Å². The quantitative estimate of drug-likeness (QED) is 0.756. The first kappa shape index (κ1) is 10.8. The van der Waals surface area contributed by atoms with Gasteiger partial charge in [0.05, 0.1) is 17.4 Å². The Morgan fingerprint density at radius 1 is 1.71 bits per heavy atom. The van der Waals surface area contributed by atoms with E-state index in [1.807, 2.05) is 6.92 Å². The van der Waals surface area contributed by atoms with E-state index in [1.165, 1.54) is 12.3 Å². The molecular weight excluding hydrogens is 202 g/mol. The molecule has 2 N–H and O–H groups in total. The summed E-state index contributed by atoms with van der Waals surface area (Å²) >= 11 is 5.78. The van der Waals surface area contributed by atoms with Gasteiger partial charge in [-0.2, -0.15) is 0 Å². The molecule has 0 radical (unpaired) electrons. The molecule has 0 aliphatic rings. The van der Waals surface area contributed by atoms with Gasteiger partial charge in [-0.1, -0.05) is 11.6 Å². The molecule has 0 bridgehead atoms. The van der Waals surface area contributed by atoms with Crippen molar-refractivity contribution in [2.45, 2.75) is 6.92 Å². The maximum Gasteiger partial charge on any atom is 0.256 e. The highest BCUT2D eigenvalue weighted by Crippen LogP contribution is 2.16. The van der Waals surface area contributed by atoms with E-state index in [0.29, 0.717) is 17.8 Å². The monoisotopic (exact) mass is 213 g/mol. The lowest BCUT2D eigenvalue weighted by Crippen LogP contribution is -2.26. The van der Waals surface area contributed by atoms with Crippen molar-refractivity contribution in [3.63, 3.8) is 0 Å². The van der Waals surface area contributed by atoms with Gasteiger partial charge in [0, 0.05) is 13.6 Å². The first-order valence-corrected chi connectivity index (χ1v) is 4.60. The van der Waals surface area contributed by atoms with Gasteiger partial charge in [-0.15, -0.1) is 0 Å². The molecule has 0 unspecified atom stereocenters. The molecule has 0 atom stereocenters. The number of hydrogen-bond acceptors (Lipinski definition) is 3. The third-order valence-corrected chi connectivity index (χ3v) is 2.21. The molecule has 76 valence electrons. The van der Waals surface area contributed by atoms with Gasteiger partial charge in [0.15, 0.2) is 0 Å². The molecule has 0 aromatic carbocycles. The molecular formula is C9H12ClN3O.